The normalized spacial score (nSPS) is 10.2. The second-order valence-corrected chi connectivity index (χ2v) is 6.35. The van der Waals surface area contributed by atoms with E-state index in [2.05, 4.69) is 0 Å². The number of rotatable bonds is 8. The van der Waals surface area contributed by atoms with E-state index in [1.54, 1.807) is 12.1 Å². The highest BCUT2D eigenvalue weighted by atomic mass is 35.5. The van der Waals surface area contributed by atoms with Gasteiger partial charge in [-0.25, -0.2) is 0 Å². The molecule has 128 valence electrons. The van der Waals surface area contributed by atoms with E-state index in [0.29, 0.717) is 34.8 Å². The average Bonchev–Trinajstić information content (AvgIpc) is 2.54. The SMILES string of the molecule is ClC(Cl)=CCOc1cc(Cl)c(OCCOc2ccccc2)c(Cl)c1. The van der Waals surface area contributed by atoms with Crippen molar-refractivity contribution in [1.29, 1.82) is 0 Å². The van der Waals surface area contributed by atoms with Crippen molar-refractivity contribution in [2.24, 2.45) is 0 Å². The Bertz CT molecular complexity index is 662. The summed E-state index contributed by atoms with van der Waals surface area (Å²) in [6, 6.07) is 12.7. The van der Waals surface area contributed by atoms with Crippen LogP contribution in [-0.2, 0) is 0 Å². The minimum Gasteiger partial charge on any atom is -0.490 e. The van der Waals surface area contributed by atoms with Gasteiger partial charge in [0.25, 0.3) is 0 Å². The number of benzene rings is 2. The summed E-state index contributed by atoms with van der Waals surface area (Å²) in [5, 5.41) is 0.691. The predicted molar refractivity (Wildman–Crippen MR) is 99.2 cm³/mol. The Balaban J connectivity index is 1.87. The molecular formula is C17H14Cl4O3. The predicted octanol–water partition coefficient (Wildman–Crippen LogP) is 6.15. The highest BCUT2D eigenvalue weighted by Gasteiger charge is 2.10. The van der Waals surface area contributed by atoms with Crippen molar-refractivity contribution in [2.75, 3.05) is 19.8 Å². The van der Waals surface area contributed by atoms with E-state index in [-0.39, 0.29) is 11.1 Å². The molecule has 2 rings (SSSR count). The monoisotopic (exact) mass is 406 g/mol. The third-order valence-electron chi connectivity index (χ3n) is 2.80. The summed E-state index contributed by atoms with van der Waals surface area (Å²) >= 11 is 23.4. The van der Waals surface area contributed by atoms with E-state index in [9.17, 15) is 0 Å². The first-order valence-corrected chi connectivity index (χ1v) is 8.51. The van der Waals surface area contributed by atoms with E-state index in [1.807, 2.05) is 30.3 Å². The summed E-state index contributed by atoms with van der Waals surface area (Å²) in [6.45, 7) is 0.882. The van der Waals surface area contributed by atoms with Crippen LogP contribution in [-0.4, -0.2) is 19.8 Å². The lowest BCUT2D eigenvalue weighted by Gasteiger charge is -2.12. The number of hydrogen-bond acceptors (Lipinski definition) is 3. The lowest BCUT2D eigenvalue weighted by atomic mass is 10.3. The first-order chi connectivity index (χ1) is 11.6. The zero-order valence-corrected chi connectivity index (χ0v) is 15.5. The van der Waals surface area contributed by atoms with E-state index in [0.717, 1.165) is 5.75 Å². The Hall–Kier alpha value is -1.26. The smallest absolute Gasteiger partial charge is 0.156 e. The quantitative estimate of drug-likeness (QED) is 0.491. The van der Waals surface area contributed by atoms with Crippen molar-refractivity contribution in [3.05, 3.63) is 63.1 Å². The van der Waals surface area contributed by atoms with Crippen molar-refractivity contribution >= 4 is 46.4 Å². The Kier molecular flexibility index (Phi) is 7.86. The lowest BCUT2D eigenvalue weighted by molar-refractivity contribution is 0.217. The van der Waals surface area contributed by atoms with Crippen LogP contribution in [0.5, 0.6) is 17.2 Å². The van der Waals surface area contributed by atoms with Gasteiger partial charge >= 0.3 is 0 Å². The minimum absolute atomic E-state index is 0.130. The van der Waals surface area contributed by atoms with Gasteiger partial charge in [0.05, 0.1) is 10.0 Å². The summed E-state index contributed by atoms with van der Waals surface area (Å²) < 4.78 is 16.7. The van der Waals surface area contributed by atoms with Crippen LogP contribution in [0.2, 0.25) is 10.0 Å². The Labute approximate surface area is 160 Å². The van der Waals surface area contributed by atoms with Crippen LogP contribution in [0.15, 0.2) is 53.0 Å². The zero-order chi connectivity index (χ0) is 17.4. The van der Waals surface area contributed by atoms with Gasteiger partial charge in [-0.1, -0.05) is 64.6 Å². The van der Waals surface area contributed by atoms with Gasteiger partial charge in [-0.3, -0.25) is 0 Å². The molecule has 0 radical (unpaired) electrons. The highest BCUT2D eigenvalue weighted by Crippen LogP contribution is 2.37. The first-order valence-electron chi connectivity index (χ1n) is 7.00. The van der Waals surface area contributed by atoms with Crippen molar-refractivity contribution in [3.63, 3.8) is 0 Å². The van der Waals surface area contributed by atoms with Crippen LogP contribution >= 0.6 is 46.4 Å². The molecule has 0 amide bonds. The fourth-order valence-corrected chi connectivity index (χ4v) is 2.48. The lowest BCUT2D eigenvalue weighted by Crippen LogP contribution is -2.09. The molecule has 0 bridgehead atoms. The van der Waals surface area contributed by atoms with Crippen molar-refractivity contribution in [1.82, 2.24) is 0 Å². The maximum absolute atomic E-state index is 6.17. The van der Waals surface area contributed by atoms with Crippen molar-refractivity contribution < 1.29 is 14.2 Å². The molecule has 0 fully saturated rings. The molecule has 0 saturated carbocycles. The summed E-state index contributed by atoms with van der Waals surface area (Å²) in [5.74, 6) is 1.64. The Morgan fingerprint density at radius 2 is 1.46 bits per heavy atom. The van der Waals surface area contributed by atoms with Crippen LogP contribution in [0.3, 0.4) is 0 Å². The van der Waals surface area contributed by atoms with Gasteiger partial charge in [-0.15, -0.1) is 0 Å². The van der Waals surface area contributed by atoms with Gasteiger partial charge in [0.1, 0.15) is 35.8 Å². The van der Waals surface area contributed by atoms with Crippen LogP contribution in [0, 0.1) is 0 Å². The van der Waals surface area contributed by atoms with Crippen molar-refractivity contribution in [2.45, 2.75) is 0 Å². The third-order valence-corrected chi connectivity index (χ3v) is 3.67. The molecule has 3 nitrogen and oxygen atoms in total. The van der Waals surface area contributed by atoms with Crippen LogP contribution in [0.1, 0.15) is 0 Å². The van der Waals surface area contributed by atoms with Gasteiger partial charge in [0.15, 0.2) is 5.75 Å². The Morgan fingerprint density at radius 3 is 2.08 bits per heavy atom. The Morgan fingerprint density at radius 1 is 0.833 bits per heavy atom. The zero-order valence-electron chi connectivity index (χ0n) is 12.5. The summed E-state index contributed by atoms with van der Waals surface area (Å²) in [4.78, 5) is 0. The number of halogens is 4. The van der Waals surface area contributed by atoms with Gasteiger partial charge in [0.2, 0.25) is 0 Å². The molecule has 7 heteroatoms. The molecule has 0 unspecified atom stereocenters. The number of para-hydroxylation sites is 1. The van der Waals surface area contributed by atoms with Crippen LogP contribution < -0.4 is 14.2 Å². The molecular weight excluding hydrogens is 394 g/mol. The van der Waals surface area contributed by atoms with Gasteiger partial charge in [0, 0.05) is 12.1 Å². The summed E-state index contributed by atoms with van der Waals surface area (Å²) in [5.41, 5.74) is 0. The largest absolute Gasteiger partial charge is 0.490 e. The molecule has 0 aromatic heterocycles. The summed E-state index contributed by atoms with van der Waals surface area (Å²) in [6.07, 6.45) is 1.51. The molecule has 0 aliphatic heterocycles. The maximum Gasteiger partial charge on any atom is 0.156 e. The molecule has 2 aromatic carbocycles. The molecule has 0 N–H and O–H groups in total. The standard InChI is InChI=1S/C17H14Cl4O3/c18-14-10-13(22-7-6-16(20)21)11-15(19)17(14)24-9-8-23-12-4-2-1-3-5-12/h1-6,10-11H,7-9H2. The minimum atomic E-state index is 0.130. The van der Waals surface area contributed by atoms with Gasteiger partial charge in [-0.2, -0.15) is 0 Å². The molecule has 0 atom stereocenters. The highest BCUT2D eigenvalue weighted by molar-refractivity contribution is 6.55. The van der Waals surface area contributed by atoms with Crippen molar-refractivity contribution in [3.8, 4) is 17.2 Å². The maximum atomic E-state index is 6.17. The van der Waals surface area contributed by atoms with E-state index >= 15 is 0 Å². The van der Waals surface area contributed by atoms with E-state index in [1.165, 1.54) is 6.08 Å². The molecule has 0 aliphatic rings. The number of hydrogen-bond donors (Lipinski definition) is 0. The van der Waals surface area contributed by atoms with E-state index < -0.39 is 0 Å². The number of ether oxygens (including phenoxy) is 3. The molecule has 0 saturated heterocycles. The topological polar surface area (TPSA) is 27.7 Å². The summed E-state index contributed by atoms with van der Waals surface area (Å²) in [7, 11) is 0. The average molecular weight is 408 g/mol. The van der Waals surface area contributed by atoms with Gasteiger partial charge < -0.3 is 14.2 Å². The molecule has 0 heterocycles. The third kappa shape index (κ3) is 6.33. The molecule has 2 aromatic rings. The van der Waals surface area contributed by atoms with E-state index in [4.69, 9.17) is 60.6 Å². The second-order valence-electron chi connectivity index (χ2n) is 4.53. The van der Waals surface area contributed by atoms with Crippen LogP contribution in [0.25, 0.3) is 0 Å². The first kappa shape index (κ1) is 19.1. The van der Waals surface area contributed by atoms with Crippen LogP contribution in [0.4, 0.5) is 0 Å². The fourth-order valence-electron chi connectivity index (χ4n) is 1.78. The molecule has 0 aliphatic carbocycles. The molecule has 0 spiro atoms. The molecule has 24 heavy (non-hydrogen) atoms. The van der Waals surface area contributed by atoms with Gasteiger partial charge in [-0.05, 0) is 18.2 Å². The fraction of sp³-hybridized carbons (Fsp3) is 0.176. The second kappa shape index (κ2) is 9.90.